The molecule has 2 amide bonds. The summed E-state index contributed by atoms with van der Waals surface area (Å²) in [5.74, 6) is -0.391. The van der Waals surface area contributed by atoms with E-state index in [1.54, 1.807) is 14.0 Å². The van der Waals surface area contributed by atoms with Crippen LogP contribution in [0.5, 0.6) is 0 Å². The van der Waals surface area contributed by atoms with Gasteiger partial charge in [-0.3, -0.25) is 10.0 Å². The van der Waals surface area contributed by atoms with Gasteiger partial charge < -0.3 is 9.64 Å². The van der Waals surface area contributed by atoms with Gasteiger partial charge in [0.15, 0.2) is 0 Å². The fourth-order valence-electron chi connectivity index (χ4n) is 2.57. The Morgan fingerprint density at radius 1 is 1.59 bits per heavy atom. The van der Waals surface area contributed by atoms with Gasteiger partial charge in [0.1, 0.15) is 0 Å². The molecule has 1 atom stereocenters. The van der Waals surface area contributed by atoms with Gasteiger partial charge in [0.25, 0.3) is 0 Å². The highest BCUT2D eigenvalue weighted by atomic mass is 16.6. The lowest BCUT2D eigenvalue weighted by Gasteiger charge is -2.53. The van der Waals surface area contributed by atoms with Crippen molar-refractivity contribution in [3.8, 4) is 0 Å². The fraction of sp³-hybridized carbons (Fsp3) is 0.818. The van der Waals surface area contributed by atoms with Gasteiger partial charge in [-0.05, 0) is 12.8 Å². The molecule has 6 nitrogen and oxygen atoms in total. The molecule has 0 radical (unpaired) electrons. The first-order valence-electron chi connectivity index (χ1n) is 5.93. The van der Waals surface area contributed by atoms with Crippen LogP contribution in [-0.4, -0.2) is 47.0 Å². The van der Waals surface area contributed by atoms with Crippen molar-refractivity contribution in [3.05, 3.63) is 0 Å². The number of nitrogens with zero attached hydrogens (tertiary/aromatic N) is 2. The maximum absolute atomic E-state index is 11.6. The molecule has 1 aliphatic carbocycles. The Bertz CT molecular complexity index is 340. The summed E-state index contributed by atoms with van der Waals surface area (Å²) in [6.45, 7) is 2.22. The third-order valence-electron chi connectivity index (χ3n) is 3.70. The van der Waals surface area contributed by atoms with E-state index in [0.717, 1.165) is 19.3 Å². The fourth-order valence-corrected chi connectivity index (χ4v) is 2.57. The second kappa shape index (κ2) is 4.18. The average Bonchev–Trinajstić information content (AvgIpc) is 2.27. The number of esters is 1. The average molecular weight is 242 g/mol. The molecule has 0 bridgehead atoms. The Hall–Kier alpha value is -1.30. The smallest absolute Gasteiger partial charge is 0.346 e. The summed E-state index contributed by atoms with van der Waals surface area (Å²) in [7, 11) is 1.64. The lowest BCUT2D eigenvalue weighted by molar-refractivity contribution is -0.257. The number of hydrogen-bond donors (Lipinski definition) is 1. The molecular weight excluding hydrogens is 224 g/mol. The second-order valence-corrected chi connectivity index (χ2v) is 4.89. The predicted molar refractivity (Wildman–Crippen MR) is 58.1 cm³/mol. The third kappa shape index (κ3) is 1.86. The van der Waals surface area contributed by atoms with Crippen molar-refractivity contribution in [2.24, 2.45) is 5.41 Å². The molecule has 1 heterocycles. The molecule has 2 aliphatic rings. The van der Waals surface area contributed by atoms with Crippen LogP contribution in [0, 0.1) is 5.41 Å². The van der Waals surface area contributed by atoms with Gasteiger partial charge >= 0.3 is 12.0 Å². The molecule has 6 heteroatoms. The lowest BCUT2D eigenvalue weighted by Crippen LogP contribution is -2.65. The Morgan fingerprint density at radius 2 is 2.24 bits per heavy atom. The van der Waals surface area contributed by atoms with Crippen LogP contribution in [0.3, 0.4) is 0 Å². The van der Waals surface area contributed by atoms with Gasteiger partial charge in [-0.15, -0.1) is 0 Å². The summed E-state index contributed by atoms with van der Waals surface area (Å²) in [4.78, 5) is 24.5. The minimum Gasteiger partial charge on any atom is -0.438 e. The summed E-state index contributed by atoms with van der Waals surface area (Å²) in [5, 5.41) is 10.4. The zero-order valence-electron chi connectivity index (χ0n) is 10.2. The molecule has 0 aromatic carbocycles. The maximum atomic E-state index is 11.6. The van der Waals surface area contributed by atoms with Crippen LogP contribution in [0.15, 0.2) is 0 Å². The largest absolute Gasteiger partial charge is 0.438 e. The third-order valence-corrected chi connectivity index (χ3v) is 3.70. The predicted octanol–water partition coefficient (Wildman–Crippen LogP) is 1.19. The number of urea groups is 1. The molecule has 17 heavy (non-hydrogen) atoms. The molecule has 2 rings (SSSR count). The molecule has 1 spiro atoms. The van der Waals surface area contributed by atoms with E-state index in [9.17, 15) is 14.8 Å². The van der Waals surface area contributed by atoms with Gasteiger partial charge in [0.05, 0.1) is 0 Å². The van der Waals surface area contributed by atoms with Crippen molar-refractivity contribution in [1.82, 2.24) is 9.96 Å². The monoisotopic (exact) mass is 242 g/mol. The molecule has 1 saturated carbocycles. The Morgan fingerprint density at radius 3 is 2.71 bits per heavy atom. The van der Waals surface area contributed by atoms with E-state index in [4.69, 9.17) is 4.74 Å². The number of amides is 2. The highest BCUT2D eigenvalue weighted by Gasteiger charge is 2.55. The first kappa shape index (κ1) is 12.2. The number of carbonyl (C=O) groups is 2. The zero-order chi connectivity index (χ0) is 12.6. The Balaban J connectivity index is 2.18. The summed E-state index contributed by atoms with van der Waals surface area (Å²) < 4.78 is 5.22. The Kier molecular flexibility index (Phi) is 2.99. The van der Waals surface area contributed by atoms with Gasteiger partial charge in [0.2, 0.25) is 6.23 Å². The molecule has 1 N–H and O–H groups in total. The SMILES string of the molecule is CCC(=O)OC1N(O)C(=O)N(C)CC12CCC2. The first-order chi connectivity index (χ1) is 8.00. The summed E-state index contributed by atoms with van der Waals surface area (Å²) >= 11 is 0. The standard InChI is InChI=1S/C11H18N2O4/c1-3-8(14)17-9-11(5-4-6-11)7-12(2)10(15)13(9)16/h9,16H,3-7H2,1-2H3. The van der Waals surface area contributed by atoms with Crippen molar-refractivity contribution in [3.63, 3.8) is 0 Å². The van der Waals surface area contributed by atoms with E-state index >= 15 is 0 Å². The van der Waals surface area contributed by atoms with E-state index in [-0.39, 0.29) is 11.8 Å². The molecule has 1 saturated heterocycles. The molecule has 1 unspecified atom stereocenters. The summed E-state index contributed by atoms with van der Waals surface area (Å²) in [6.07, 6.45) is 2.18. The minimum absolute atomic E-state index is 0.241. The van der Waals surface area contributed by atoms with Crippen molar-refractivity contribution >= 4 is 12.0 Å². The number of rotatable bonds is 2. The van der Waals surface area contributed by atoms with E-state index < -0.39 is 18.2 Å². The van der Waals surface area contributed by atoms with Gasteiger partial charge in [-0.25, -0.2) is 4.79 Å². The van der Waals surface area contributed by atoms with Crippen LogP contribution < -0.4 is 0 Å². The summed E-state index contributed by atoms with van der Waals surface area (Å²) in [5.41, 5.74) is -0.289. The van der Waals surface area contributed by atoms with E-state index in [1.165, 1.54) is 4.90 Å². The van der Waals surface area contributed by atoms with E-state index in [0.29, 0.717) is 11.6 Å². The van der Waals surface area contributed by atoms with Crippen LogP contribution >= 0.6 is 0 Å². The molecule has 1 aliphatic heterocycles. The zero-order valence-corrected chi connectivity index (χ0v) is 10.2. The van der Waals surface area contributed by atoms with Crippen molar-refractivity contribution in [2.45, 2.75) is 38.8 Å². The van der Waals surface area contributed by atoms with Crippen LogP contribution in [-0.2, 0) is 9.53 Å². The van der Waals surface area contributed by atoms with Crippen molar-refractivity contribution < 1.29 is 19.5 Å². The molecule has 96 valence electrons. The number of hydroxylamine groups is 2. The van der Waals surface area contributed by atoms with E-state index in [2.05, 4.69) is 0 Å². The summed E-state index contributed by atoms with van der Waals surface area (Å²) in [6, 6.07) is -0.517. The molecule has 0 aromatic heterocycles. The topological polar surface area (TPSA) is 70.1 Å². The van der Waals surface area contributed by atoms with E-state index in [1.807, 2.05) is 0 Å². The first-order valence-corrected chi connectivity index (χ1v) is 5.93. The van der Waals surface area contributed by atoms with Crippen molar-refractivity contribution in [1.29, 1.82) is 0 Å². The highest BCUT2D eigenvalue weighted by molar-refractivity contribution is 5.75. The number of carbonyl (C=O) groups excluding carboxylic acids is 2. The maximum Gasteiger partial charge on any atom is 0.346 e. The van der Waals surface area contributed by atoms with Gasteiger partial charge in [-0.2, -0.15) is 5.06 Å². The highest BCUT2D eigenvalue weighted by Crippen LogP contribution is 2.48. The normalized spacial score (nSPS) is 27.0. The quantitative estimate of drug-likeness (QED) is 0.583. The number of hydrogen-bond acceptors (Lipinski definition) is 4. The van der Waals surface area contributed by atoms with Crippen LogP contribution in [0.4, 0.5) is 4.79 Å². The van der Waals surface area contributed by atoms with Crippen LogP contribution in [0.2, 0.25) is 0 Å². The van der Waals surface area contributed by atoms with Crippen LogP contribution in [0.1, 0.15) is 32.6 Å². The Labute approximate surface area is 100 Å². The van der Waals surface area contributed by atoms with Gasteiger partial charge in [-0.1, -0.05) is 13.3 Å². The lowest BCUT2D eigenvalue weighted by atomic mass is 9.66. The van der Waals surface area contributed by atoms with Crippen molar-refractivity contribution in [2.75, 3.05) is 13.6 Å². The molecule has 2 fully saturated rings. The molecular formula is C11H18N2O4. The minimum atomic E-state index is -0.826. The van der Waals surface area contributed by atoms with Crippen LogP contribution in [0.25, 0.3) is 0 Å². The number of ether oxygens (including phenoxy) is 1. The molecule has 0 aromatic rings. The second-order valence-electron chi connectivity index (χ2n) is 4.89. The van der Waals surface area contributed by atoms with Gasteiger partial charge in [0, 0.05) is 25.4 Å².